The highest BCUT2D eigenvalue weighted by molar-refractivity contribution is 6.30. The number of hydrogen-bond donors (Lipinski definition) is 0. The van der Waals surface area contributed by atoms with Crippen molar-refractivity contribution in [2.75, 3.05) is 20.0 Å². The molecule has 0 spiro atoms. The van der Waals surface area contributed by atoms with Gasteiger partial charge in [-0.05, 0) is 30.7 Å². The van der Waals surface area contributed by atoms with Gasteiger partial charge in [0.15, 0.2) is 0 Å². The van der Waals surface area contributed by atoms with Crippen LogP contribution >= 0.6 is 11.6 Å². The number of halogens is 4. The maximum Gasteiger partial charge on any atom is 0.511 e. The SMILES string of the molecule is Cc1cc(Cl)cc2c1OC(C(F)(F)F)C(C(=O)OCOC(=O)OCCCO[N+](=O)[O-])=C2. The summed E-state index contributed by atoms with van der Waals surface area (Å²) >= 11 is 5.90. The van der Waals surface area contributed by atoms with Crippen molar-refractivity contribution in [3.05, 3.63) is 44.0 Å². The number of ether oxygens (including phenoxy) is 4. The van der Waals surface area contributed by atoms with Crippen LogP contribution in [0.25, 0.3) is 6.08 Å². The molecule has 1 unspecified atom stereocenters. The summed E-state index contributed by atoms with van der Waals surface area (Å²) in [5.41, 5.74) is -0.375. The van der Waals surface area contributed by atoms with E-state index in [0.717, 1.165) is 6.08 Å². The minimum Gasteiger partial charge on any atom is -0.475 e. The normalized spacial score (nSPS) is 15.1. The first-order chi connectivity index (χ1) is 14.5. The summed E-state index contributed by atoms with van der Waals surface area (Å²) in [5, 5.41) is 9.13. The van der Waals surface area contributed by atoms with Crippen LogP contribution in [-0.2, 0) is 23.8 Å². The molecule has 0 bridgehead atoms. The third-order valence-corrected chi connectivity index (χ3v) is 3.92. The number of carbonyl (C=O) groups excluding carboxylic acids is 2. The lowest BCUT2D eigenvalue weighted by Gasteiger charge is -2.28. The van der Waals surface area contributed by atoms with Crippen molar-refractivity contribution in [3.63, 3.8) is 0 Å². The van der Waals surface area contributed by atoms with E-state index in [2.05, 4.69) is 19.0 Å². The van der Waals surface area contributed by atoms with Gasteiger partial charge in [-0.25, -0.2) is 9.59 Å². The zero-order chi connectivity index (χ0) is 23.2. The van der Waals surface area contributed by atoms with Crippen molar-refractivity contribution in [2.45, 2.75) is 25.6 Å². The molecule has 0 aliphatic carbocycles. The number of hydrogen-bond acceptors (Lipinski definition) is 9. The van der Waals surface area contributed by atoms with Crippen molar-refractivity contribution in [1.29, 1.82) is 0 Å². The monoisotopic (exact) mass is 469 g/mol. The van der Waals surface area contributed by atoms with Gasteiger partial charge in [0, 0.05) is 17.0 Å². The Morgan fingerprint density at radius 1 is 1.23 bits per heavy atom. The number of alkyl halides is 3. The molecule has 170 valence electrons. The van der Waals surface area contributed by atoms with Crippen LogP contribution in [0, 0.1) is 17.0 Å². The first-order valence-electron chi connectivity index (χ1n) is 8.48. The molecule has 0 fully saturated rings. The Kier molecular flexibility index (Phi) is 7.91. The Balaban J connectivity index is 1.96. The minimum absolute atomic E-state index is 0.0191. The molecule has 1 atom stereocenters. The molecule has 0 amide bonds. The molecule has 0 N–H and O–H groups in total. The minimum atomic E-state index is -4.93. The van der Waals surface area contributed by atoms with E-state index >= 15 is 0 Å². The van der Waals surface area contributed by atoms with Crippen LogP contribution < -0.4 is 4.74 Å². The van der Waals surface area contributed by atoms with Gasteiger partial charge in [0.1, 0.15) is 5.75 Å². The van der Waals surface area contributed by atoms with E-state index in [1.54, 1.807) is 0 Å². The number of benzene rings is 1. The molecule has 2 rings (SSSR count). The fraction of sp³-hybridized carbons (Fsp3) is 0.412. The van der Waals surface area contributed by atoms with E-state index in [1.165, 1.54) is 19.1 Å². The van der Waals surface area contributed by atoms with E-state index in [4.69, 9.17) is 16.3 Å². The van der Waals surface area contributed by atoms with Gasteiger partial charge in [-0.1, -0.05) is 11.6 Å². The second-order valence-electron chi connectivity index (χ2n) is 5.98. The first kappa shape index (κ1) is 24.1. The third-order valence-electron chi connectivity index (χ3n) is 3.70. The molecule has 0 radical (unpaired) electrons. The third kappa shape index (κ3) is 6.91. The van der Waals surface area contributed by atoms with E-state index < -0.39 is 41.9 Å². The topological polar surface area (TPSA) is 123 Å². The molecular formula is C17H15ClF3NO9. The molecule has 0 aromatic heterocycles. The molecule has 1 heterocycles. The maximum absolute atomic E-state index is 13.4. The van der Waals surface area contributed by atoms with Crippen LogP contribution in [0.3, 0.4) is 0 Å². The Morgan fingerprint density at radius 2 is 1.94 bits per heavy atom. The molecule has 1 aliphatic rings. The highest BCUT2D eigenvalue weighted by atomic mass is 35.5. The van der Waals surface area contributed by atoms with E-state index in [1.807, 2.05) is 0 Å². The van der Waals surface area contributed by atoms with Crippen molar-refractivity contribution >= 4 is 29.8 Å². The highest BCUT2D eigenvalue weighted by Gasteiger charge is 2.49. The van der Waals surface area contributed by atoms with E-state index in [-0.39, 0.29) is 36.0 Å². The van der Waals surface area contributed by atoms with Crippen LogP contribution in [0.2, 0.25) is 5.02 Å². The van der Waals surface area contributed by atoms with Crippen LogP contribution in [-0.4, -0.2) is 49.5 Å². The van der Waals surface area contributed by atoms with Crippen molar-refractivity contribution in [3.8, 4) is 5.75 Å². The average molecular weight is 470 g/mol. The lowest BCUT2D eigenvalue weighted by atomic mass is 9.99. The quantitative estimate of drug-likeness (QED) is 0.184. The van der Waals surface area contributed by atoms with E-state index in [9.17, 15) is 32.9 Å². The van der Waals surface area contributed by atoms with Gasteiger partial charge in [-0.3, -0.25) is 0 Å². The van der Waals surface area contributed by atoms with Gasteiger partial charge in [-0.2, -0.15) is 13.2 Å². The number of carbonyl (C=O) groups is 2. The predicted molar refractivity (Wildman–Crippen MR) is 95.6 cm³/mol. The lowest BCUT2D eigenvalue weighted by molar-refractivity contribution is -0.757. The van der Waals surface area contributed by atoms with Crippen LogP contribution in [0.15, 0.2) is 17.7 Å². The molecule has 14 heteroatoms. The van der Waals surface area contributed by atoms with Crippen LogP contribution in [0.5, 0.6) is 5.75 Å². The van der Waals surface area contributed by atoms with Crippen LogP contribution in [0.4, 0.5) is 18.0 Å². The Hall–Kier alpha value is -3.22. The number of aryl methyl sites for hydroxylation is 1. The van der Waals surface area contributed by atoms with Gasteiger partial charge in [-0.15, -0.1) is 10.1 Å². The summed E-state index contributed by atoms with van der Waals surface area (Å²) in [4.78, 5) is 37.4. The van der Waals surface area contributed by atoms with Crippen LogP contribution in [0.1, 0.15) is 17.5 Å². The summed E-state index contributed by atoms with van der Waals surface area (Å²) in [6.45, 7) is -0.162. The Morgan fingerprint density at radius 3 is 2.58 bits per heavy atom. The van der Waals surface area contributed by atoms with Gasteiger partial charge < -0.3 is 23.8 Å². The number of nitrogens with zero attached hydrogens (tertiary/aromatic N) is 1. The molecule has 0 saturated heterocycles. The first-order valence-corrected chi connectivity index (χ1v) is 8.86. The zero-order valence-electron chi connectivity index (χ0n) is 15.8. The Labute approximate surface area is 177 Å². The maximum atomic E-state index is 13.4. The van der Waals surface area contributed by atoms with Gasteiger partial charge in [0.2, 0.25) is 12.9 Å². The standard InChI is InChI=1S/C17H15ClF3NO9/c1-9-5-11(18)6-10-7-12(14(17(19,20)21)31-13(9)10)15(23)28-8-29-16(24)27-3-2-4-30-22(25)26/h5-7,14H,2-4,8H2,1H3. The van der Waals surface area contributed by atoms with Crippen molar-refractivity contribution < 1.29 is 51.6 Å². The smallest absolute Gasteiger partial charge is 0.475 e. The average Bonchev–Trinajstić information content (AvgIpc) is 2.65. The summed E-state index contributed by atoms with van der Waals surface area (Å²) in [7, 11) is 0. The number of fused-ring (bicyclic) bond motifs is 1. The second-order valence-corrected chi connectivity index (χ2v) is 6.42. The zero-order valence-corrected chi connectivity index (χ0v) is 16.5. The highest BCUT2D eigenvalue weighted by Crippen LogP contribution is 2.40. The van der Waals surface area contributed by atoms with E-state index in [0.29, 0.717) is 5.56 Å². The molecule has 1 aromatic carbocycles. The molecule has 31 heavy (non-hydrogen) atoms. The van der Waals surface area contributed by atoms with Crippen molar-refractivity contribution in [2.24, 2.45) is 0 Å². The van der Waals surface area contributed by atoms with Gasteiger partial charge in [0.25, 0.3) is 5.09 Å². The summed E-state index contributed by atoms with van der Waals surface area (Å²) in [6.07, 6.45) is -7.91. The number of esters is 1. The lowest BCUT2D eigenvalue weighted by Crippen LogP contribution is -2.41. The fourth-order valence-electron chi connectivity index (χ4n) is 2.47. The largest absolute Gasteiger partial charge is 0.511 e. The molecule has 1 aromatic rings. The van der Waals surface area contributed by atoms with Gasteiger partial charge in [0.05, 0.1) is 18.8 Å². The Bertz CT molecular complexity index is 888. The second kappa shape index (κ2) is 10.2. The predicted octanol–water partition coefficient (Wildman–Crippen LogP) is 3.61. The molecule has 1 aliphatic heterocycles. The number of rotatable bonds is 8. The fourth-order valence-corrected chi connectivity index (χ4v) is 2.75. The van der Waals surface area contributed by atoms with Crippen molar-refractivity contribution in [1.82, 2.24) is 0 Å². The molecule has 10 nitrogen and oxygen atoms in total. The van der Waals surface area contributed by atoms with Gasteiger partial charge >= 0.3 is 18.3 Å². The molecular weight excluding hydrogens is 455 g/mol. The summed E-state index contributed by atoms with van der Waals surface area (Å²) < 4.78 is 58.7. The summed E-state index contributed by atoms with van der Waals surface area (Å²) in [5.74, 6) is -1.51. The molecule has 0 saturated carbocycles. The summed E-state index contributed by atoms with van der Waals surface area (Å²) in [6, 6.07) is 2.73.